The van der Waals surface area contributed by atoms with Gasteiger partial charge in [-0.3, -0.25) is 4.90 Å². The minimum Gasteiger partial charge on any atom is -0.619 e. The molecule has 0 saturated carbocycles. The highest BCUT2D eigenvalue weighted by Gasteiger charge is 2.24. The van der Waals surface area contributed by atoms with Gasteiger partial charge >= 0.3 is 0 Å². The van der Waals surface area contributed by atoms with E-state index in [4.69, 9.17) is 0 Å². The van der Waals surface area contributed by atoms with Crippen molar-refractivity contribution in [1.82, 2.24) is 4.90 Å². The minimum absolute atomic E-state index is 0.109. The number of aliphatic hydroxyl groups is 1. The van der Waals surface area contributed by atoms with Crippen molar-refractivity contribution in [2.75, 3.05) is 13.1 Å². The highest BCUT2D eigenvalue weighted by Crippen LogP contribution is 2.22. The third kappa shape index (κ3) is 2.96. The Morgan fingerprint density at radius 2 is 1.82 bits per heavy atom. The molecule has 0 unspecified atom stereocenters. The maximum absolute atomic E-state index is 10.9. The molecule has 0 radical (unpaired) electrons. The van der Waals surface area contributed by atoms with Gasteiger partial charge in [-0.15, -0.1) is 0 Å². The zero-order valence-electron chi connectivity index (χ0n) is 10.2. The van der Waals surface area contributed by atoms with E-state index in [1.54, 1.807) is 12.1 Å². The van der Waals surface area contributed by atoms with Gasteiger partial charge in [-0.1, -0.05) is 6.42 Å². The molecule has 0 aromatic carbocycles. The lowest BCUT2D eigenvalue weighted by Crippen LogP contribution is -2.41. The van der Waals surface area contributed by atoms with Crippen molar-refractivity contribution in [3.63, 3.8) is 0 Å². The van der Waals surface area contributed by atoms with Crippen LogP contribution in [0.5, 0.6) is 0 Å². The number of pyridine rings is 1. The molecule has 4 heteroatoms. The SMILES string of the molecule is C[C@@H]([C@@H](O)c1cc[n+]([O-])cc1)N1CCCCC1. The number of hydrogen-bond donors (Lipinski definition) is 1. The monoisotopic (exact) mass is 236 g/mol. The number of nitrogens with zero attached hydrogens (tertiary/aromatic N) is 2. The van der Waals surface area contributed by atoms with Gasteiger partial charge in [-0.25, -0.2) is 0 Å². The number of rotatable bonds is 3. The Balaban J connectivity index is 2.02. The fourth-order valence-corrected chi connectivity index (χ4v) is 2.43. The van der Waals surface area contributed by atoms with Gasteiger partial charge in [0.25, 0.3) is 0 Å². The minimum atomic E-state index is -0.519. The molecule has 1 saturated heterocycles. The lowest BCUT2D eigenvalue weighted by molar-refractivity contribution is -0.605. The van der Waals surface area contributed by atoms with E-state index in [9.17, 15) is 10.3 Å². The molecule has 1 aliphatic rings. The first-order chi connectivity index (χ1) is 8.18. The van der Waals surface area contributed by atoms with Crippen LogP contribution in [0.3, 0.4) is 0 Å². The van der Waals surface area contributed by atoms with Crippen LogP contribution in [-0.2, 0) is 0 Å². The van der Waals surface area contributed by atoms with E-state index >= 15 is 0 Å². The van der Waals surface area contributed by atoms with Gasteiger partial charge in [0.1, 0.15) is 0 Å². The van der Waals surface area contributed by atoms with Crippen LogP contribution in [0.4, 0.5) is 0 Å². The van der Waals surface area contributed by atoms with E-state index in [1.165, 1.54) is 31.7 Å². The number of piperidine rings is 1. The molecule has 1 aromatic heterocycles. The highest BCUT2D eigenvalue weighted by molar-refractivity contribution is 5.13. The summed E-state index contributed by atoms with van der Waals surface area (Å²) in [6.07, 6.45) is 6.07. The molecule has 2 atom stereocenters. The molecule has 4 nitrogen and oxygen atoms in total. The van der Waals surface area contributed by atoms with Crippen LogP contribution in [0.2, 0.25) is 0 Å². The predicted molar refractivity (Wildman–Crippen MR) is 65.2 cm³/mol. The maximum atomic E-state index is 10.9. The van der Waals surface area contributed by atoms with Gasteiger partial charge in [-0.05, 0) is 38.4 Å². The van der Waals surface area contributed by atoms with Crippen LogP contribution in [0.1, 0.15) is 37.9 Å². The Morgan fingerprint density at radius 3 is 2.41 bits per heavy atom. The Kier molecular flexibility index (Phi) is 3.97. The molecule has 2 rings (SSSR count). The molecular formula is C13H20N2O2. The Bertz CT molecular complexity index is 347. The van der Waals surface area contributed by atoms with Gasteiger partial charge in [0.2, 0.25) is 0 Å². The number of aliphatic hydroxyl groups excluding tert-OH is 1. The Hall–Kier alpha value is -1.13. The van der Waals surface area contributed by atoms with Crippen LogP contribution < -0.4 is 4.73 Å². The molecule has 0 amide bonds. The quantitative estimate of drug-likeness (QED) is 0.634. The number of aromatic nitrogens is 1. The smallest absolute Gasteiger partial charge is 0.180 e. The molecule has 1 aliphatic heterocycles. The summed E-state index contributed by atoms with van der Waals surface area (Å²) in [7, 11) is 0. The Labute approximate surface area is 102 Å². The molecule has 17 heavy (non-hydrogen) atoms. The fourth-order valence-electron chi connectivity index (χ4n) is 2.43. The van der Waals surface area contributed by atoms with Crippen molar-refractivity contribution in [3.8, 4) is 0 Å². The second-order valence-corrected chi connectivity index (χ2v) is 4.77. The van der Waals surface area contributed by atoms with E-state index < -0.39 is 6.10 Å². The lowest BCUT2D eigenvalue weighted by atomic mass is 10.0. The van der Waals surface area contributed by atoms with Crippen LogP contribution in [0.15, 0.2) is 24.5 Å². The molecule has 0 spiro atoms. The first-order valence-electron chi connectivity index (χ1n) is 6.29. The molecule has 0 aliphatic carbocycles. The van der Waals surface area contributed by atoms with Crippen molar-refractivity contribution in [2.45, 2.75) is 38.3 Å². The van der Waals surface area contributed by atoms with Gasteiger partial charge in [0.15, 0.2) is 12.4 Å². The summed E-state index contributed by atoms with van der Waals surface area (Å²) in [4.78, 5) is 2.33. The van der Waals surface area contributed by atoms with Gasteiger partial charge in [-0.2, -0.15) is 4.73 Å². The van der Waals surface area contributed by atoms with Crippen LogP contribution in [0, 0.1) is 5.21 Å². The second kappa shape index (κ2) is 5.47. The summed E-state index contributed by atoms with van der Waals surface area (Å²) in [5.41, 5.74) is 0.815. The van der Waals surface area contributed by atoms with Crippen LogP contribution in [0.25, 0.3) is 0 Å². The topological polar surface area (TPSA) is 50.4 Å². The summed E-state index contributed by atoms with van der Waals surface area (Å²) in [6.45, 7) is 4.17. The van der Waals surface area contributed by atoms with Crippen LogP contribution >= 0.6 is 0 Å². The van der Waals surface area contributed by atoms with Crippen molar-refractivity contribution in [1.29, 1.82) is 0 Å². The third-order valence-corrected chi connectivity index (χ3v) is 3.59. The normalized spacial score (nSPS) is 21.1. The second-order valence-electron chi connectivity index (χ2n) is 4.77. The third-order valence-electron chi connectivity index (χ3n) is 3.59. The average molecular weight is 236 g/mol. The summed E-state index contributed by atoms with van der Waals surface area (Å²) in [5, 5.41) is 21.2. The van der Waals surface area contributed by atoms with Crippen molar-refractivity contribution in [3.05, 3.63) is 35.3 Å². The summed E-state index contributed by atoms with van der Waals surface area (Å²) in [5.74, 6) is 0. The van der Waals surface area contributed by atoms with Crippen molar-refractivity contribution in [2.24, 2.45) is 0 Å². The van der Waals surface area contributed by atoms with Crippen molar-refractivity contribution >= 4 is 0 Å². The molecular weight excluding hydrogens is 216 g/mol. The van der Waals surface area contributed by atoms with E-state index in [0.29, 0.717) is 0 Å². The van der Waals surface area contributed by atoms with E-state index in [-0.39, 0.29) is 6.04 Å². The maximum Gasteiger partial charge on any atom is 0.180 e. The summed E-state index contributed by atoms with van der Waals surface area (Å²) < 4.78 is 0.738. The first kappa shape index (κ1) is 12.3. The molecule has 1 N–H and O–H groups in total. The van der Waals surface area contributed by atoms with Crippen LogP contribution in [-0.4, -0.2) is 29.1 Å². The molecule has 1 fully saturated rings. The predicted octanol–water partition coefficient (Wildman–Crippen LogP) is 1.23. The molecule has 0 bridgehead atoms. The van der Waals surface area contributed by atoms with Gasteiger partial charge in [0, 0.05) is 18.2 Å². The lowest BCUT2D eigenvalue weighted by Gasteiger charge is -2.35. The summed E-state index contributed by atoms with van der Waals surface area (Å²) >= 11 is 0. The van der Waals surface area contributed by atoms with E-state index in [2.05, 4.69) is 4.90 Å². The van der Waals surface area contributed by atoms with Gasteiger partial charge < -0.3 is 10.3 Å². The molecule has 94 valence electrons. The largest absolute Gasteiger partial charge is 0.619 e. The molecule has 2 heterocycles. The zero-order chi connectivity index (χ0) is 12.3. The number of likely N-dealkylation sites (tertiary alicyclic amines) is 1. The standard InChI is InChI=1S/C13H20N2O2/c1-11(14-7-3-2-4-8-14)13(16)12-5-9-15(17)10-6-12/h5-6,9-11,13,16H,2-4,7-8H2,1H3/t11-,13+/m0/s1. The molecule has 1 aromatic rings. The van der Waals surface area contributed by atoms with Gasteiger partial charge in [0.05, 0.1) is 6.10 Å². The average Bonchev–Trinajstić information content (AvgIpc) is 2.39. The first-order valence-corrected chi connectivity index (χ1v) is 6.29. The van der Waals surface area contributed by atoms with Crippen molar-refractivity contribution < 1.29 is 9.84 Å². The van der Waals surface area contributed by atoms with E-state index in [1.807, 2.05) is 6.92 Å². The van der Waals surface area contributed by atoms with E-state index in [0.717, 1.165) is 23.4 Å². The Morgan fingerprint density at radius 1 is 1.24 bits per heavy atom. The number of hydrogen-bond acceptors (Lipinski definition) is 3. The zero-order valence-corrected chi connectivity index (χ0v) is 10.2. The fraction of sp³-hybridized carbons (Fsp3) is 0.615. The highest BCUT2D eigenvalue weighted by atomic mass is 16.5. The summed E-state index contributed by atoms with van der Waals surface area (Å²) in [6, 6.07) is 3.49.